The molecule has 264 valence electrons. The number of non-ortho nitro benzene ring substituents is 1. The zero-order valence-corrected chi connectivity index (χ0v) is 30.9. The van der Waals surface area contributed by atoms with E-state index in [0.29, 0.717) is 24.3 Å². The Labute approximate surface area is 290 Å². The Morgan fingerprint density at radius 2 is 1.88 bits per heavy atom. The summed E-state index contributed by atoms with van der Waals surface area (Å²) in [7, 11) is -0.898. The smallest absolute Gasteiger partial charge is 0.269 e. The van der Waals surface area contributed by atoms with Crippen molar-refractivity contribution in [1.82, 2.24) is 4.90 Å². The standard InChI is InChI=1S/C38H51N3O7Si/c1-25(2)10-8-11-26(3)19-21-40-33-18-13-28(41(45)46)22-32(33)38(37(40)44)27(4)36(49(6,7)31-16-14-30(47-5)15-17-31)34(48-38)23-35(43)39-20-9-12-29(39)24-42/h10,13-19,22,27,29,34,36,42H,8-9,11-12,20-21,23-24H2,1-7H3/b26-19+/t27-,29+,34+,36-,38+/m1/s1. The largest absolute Gasteiger partial charge is 0.497 e. The number of allylic oxidation sites excluding steroid dienone is 3. The number of carbonyl (C=O) groups is 2. The van der Waals surface area contributed by atoms with E-state index in [1.165, 1.54) is 17.7 Å². The highest BCUT2D eigenvalue weighted by atomic mass is 28.3. The third-order valence-corrected chi connectivity index (χ3v) is 15.4. The van der Waals surface area contributed by atoms with Crippen LogP contribution in [0.3, 0.4) is 0 Å². The minimum absolute atomic E-state index is 0.0563. The Balaban J connectivity index is 1.59. The highest BCUT2D eigenvalue weighted by Gasteiger charge is 2.66. The SMILES string of the molecule is COc1ccc([Si](C)(C)[C@H]2[C@H](CC(=O)N3CCC[C@H]3CO)O[C@@]3(C(=O)N(C/C=C(\C)CCC=C(C)C)c4ccc([N+](=O)[O-])cc43)[C@@H]2C)cc1. The molecule has 1 N–H and O–H groups in total. The normalized spacial score (nSPS) is 25.2. The second-order valence-corrected chi connectivity index (χ2v) is 19.4. The fraction of sp³-hybridized carbons (Fsp3) is 0.526. The van der Waals surface area contributed by atoms with Gasteiger partial charge in [0.05, 0.1) is 51.0 Å². The van der Waals surface area contributed by atoms with Crippen LogP contribution in [0.5, 0.6) is 5.75 Å². The Bertz CT molecular complexity index is 1630. The maximum absolute atomic E-state index is 14.9. The monoisotopic (exact) mass is 689 g/mol. The van der Waals surface area contributed by atoms with E-state index in [0.717, 1.165) is 42.2 Å². The summed E-state index contributed by atoms with van der Waals surface area (Å²) in [6, 6.07) is 12.4. The van der Waals surface area contributed by atoms with Crippen LogP contribution in [0.25, 0.3) is 0 Å². The first-order chi connectivity index (χ1) is 23.3. The predicted molar refractivity (Wildman–Crippen MR) is 194 cm³/mol. The third-order valence-electron chi connectivity index (χ3n) is 11.0. The molecule has 2 aromatic carbocycles. The number of nitro groups is 1. The van der Waals surface area contributed by atoms with Gasteiger partial charge in [0.2, 0.25) is 5.91 Å². The number of nitro benzene ring substituents is 1. The van der Waals surface area contributed by atoms with E-state index in [9.17, 15) is 24.8 Å². The van der Waals surface area contributed by atoms with E-state index in [1.54, 1.807) is 23.0 Å². The molecule has 2 amide bonds. The maximum atomic E-state index is 14.9. The number of likely N-dealkylation sites (tertiary alicyclic amines) is 1. The molecular weight excluding hydrogens is 639 g/mol. The van der Waals surface area contributed by atoms with Gasteiger partial charge in [-0.05, 0) is 70.2 Å². The number of carbonyl (C=O) groups excluding carboxylic acids is 2. The summed E-state index contributed by atoms with van der Waals surface area (Å²) in [6.45, 7) is 13.5. The number of fused-ring (bicyclic) bond motifs is 2. The molecule has 0 aromatic heterocycles. The van der Waals surface area contributed by atoms with E-state index >= 15 is 0 Å². The van der Waals surface area contributed by atoms with Gasteiger partial charge in [-0.15, -0.1) is 0 Å². The summed E-state index contributed by atoms with van der Waals surface area (Å²) in [5.74, 6) is -0.0181. The summed E-state index contributed by atoms with van der Waals surface area (Å²) in [5, 5.41) is 23.2. The van der Waals surface area contributed by atoms with Crippen LogP contribution >= 0.6 is 0 Å². The molecule has 0 aliphatic carbocycles. The molecule has 0 bridgehead atoms. The fourth-order valence-electron chi connectivity index (χ4n) is 8.38. The Hall–Kier alpha value is -3.80. The van der Waals surface area contributed by atoms with Crippen LogP contribution in [0.15, 0.2) is 65.8 Å². The second-order valence-electron chi connectivity index (χ2n) is 14.7. The molecule has 0 radical (unpaired) electrons. The van der Waals surface area contributed by atoms with Crippen LogP contribution in [0.4, 0.5) is 11.4 Å². The first-order valence-electron chi connectivity index (χ1n) is 17.4. The zero-order chi connectivity index (χ0) is 35.7. The second kappa shape index (κ2) is 14.6. The molecule has 5 rings (SSSR count). The number of amides is 2. The molecule has 0 saturated carbocycles. The van der Waals surface area contributed by atoms with Crippen LogP contribution in [-0.2, 0) is 19.9 Å². The predicted octanol–water partition coefficient (Wildman–Crippen LogP) is 6.23. The van der Waals surface area contributed by atoms with Crippen LogP contribution in [-0.4, -0.2) is 73.8 Å². The van der Waals surface area contributed by atoms with Gasteiger partial charge in [-0.2, -0.15) is 0 Å². The molecule has 11 heteroatoms. The Morgan fingerprint density at radius 3 is 2.51 bits per heavy atom. The van der Waals surface area contributed by atoms with Crippen molar-refractivity contribution in [3.63, 3.8) is 0 Å². The van der Waals surface area contributed by atoms with Gasteiger partial charge < -0.3 is 24.4 Å². The molecule has 3 aliphatic rings. The topological polar surface area (TPSA) is 122 Å². The first kappa shape index (κ1) is 36.5. The van der Waals surface area contributed by atoms with Gasteiger partial charge >= 0.3 is 0 Å². The molecule has 2 saturated heterocycles. The van der Waals surface area contributed by atoms with Crippen molar-refractivity contribution in [3.8, 4) is 5.75 Å². The molecule has 2 fully saturated rings. The Kier molecular flexibility index (Phi) is 10.9. The van der Waals surface area contributed by atoms with E-state index < -0.39 is 30.6 Å². The Morgan fingerprint density at radius 1 is 1.16 bits per heavy atom. The molecule has 3 heterocycles. The highest BCUT2D eigenvalue weighted by molar-refractivity contribution is 6.91. The van der Waals surface area contributed by atoms with Gasteiger partial charge in [-0.1, -0.05) is 60.6 Å². The number of benzene rings is 2. The van der Waals surface area contributed by atoms with Gasteiger partial charge in [0, 0.05) is 36.7 Å². The van der Waals surface area contributed by atoms with E-state index in [4.69, 9.17) is 9.47 Å². The van der Waals surface area contributed by atoms with Crippen molar-refractivity contribution >= 4 is 36.4 Å². The van der Waals surface area contributed by atoms with Crippen LogP contribution in [0, 0.1) is 16.0 Å². The number of rotatable bonds is 12. The number of aliphatic hydroxyl groups excluding tert-OH is 1. The molecular formula is C38H51N3O7Si. The number of ether oxygens (including phenoxy) is 2. The lowest BCUT2D eigenvalue weighted by Crippen LogP contribution is -2.52. The summed E-state index contributed by atoms with van der Waals surface area (Å²) in [6.07, 6.45) is 7.01. The van der Waals surface area contributed by atoms with Crippen molar-refractivity contribution in [2.75, 3.05) is 31.7 Å². The van der Waals surface area contributed by atoms with Crippen molar-refractivity contribution < 1.29 is 29.1 Å². The van der Waals surface area contributed by atoms with Crippen molar-refractivity contribution in [1.29, 1.82) is 0 Å². The first-order valence-corrected chi connectivity index (χ1v) is 20.5. The molecule has 0 unspecified atom stereocenters. The molecule has 2 aromatic rings. The number of hydrogen-bond acceptors (Lipinski definition) is 7. The van der Waals surface area contributed by atoms with E-state index in [1.807, 2.05) is 19.1 Å². The minimum atomic E-state index is -2.53. The summed E-state index contributed by atoms with van der Waals surface area (Å²) >= 11 is 0. The molecule has 1 spiro atoms. The highest BCUT2D eigenvalue weighted by Crippen LogP contribution is 2.60. The maximum Gasteiger partial charge on any atom is 0.269 e. The zero-order valence-electron chi connectivity index (χ0n) is 29.9. The third kappa shape index (κ3) is 6.85. The summed E-state index contributed by atoms with van der Waals surface area (Å²) in [4.78, 5) is 44.0. The van der Waals surface area contributed by atoms with E-state index in [-0.39, 0.29) is 42.1 Å². The average Bonchev–Trinajstić information content (AvgIpc) is 3.73. The van der Waals surface area contributed by atoms with Crippen LogP contribution in [0.1, 0.15) is 65.4 Å². The van der Waals surface area contributed by atoms with Crippen LogP contribution in [0.2, 0.25) is 18.6 Å². The van der Waals surface area contributed by atoms with Gasteiger partial charge in [-0.3, -0.25) is 19.7 Å². The van der Waals surface area contributed by atoms with Crippen molar-refractivity contribution in [2.45, 2.75) is 96.2 Å². The number of hydrogen-bond donors (Lipinski definition) is 1. The minimum Gasteiger partial charge on any atom is -0.497 e. The molecule has 10 nitrogen and oxygen atoms in total. The average molecular weight is 690 g/mol. The molecule has 3 aliphatic heterocycles. The lowest BCUT2D eigenvalue weighted by Gasteiger charge is -2.37. The quantitative estimate of drug-likeness (QED) is 0.121. The fourth-order valence-corrected chi connectivity index (χ4v) is 12.4. The van der Waals surface area contributed by atoms with Gasteiger partial charge in [0.25, 0.3) is 11.6 Å². The van der Waals surface area contributed by atoms with Crippen LogP contribution < -0.4 is 14.8 Å². The van der Waals surface area contributed by atoms with Gasteiger partial charge in [0.15, 0.2) is 5.60 Å². The summed E-state index contributed by atoms with van der Waals surface area (Å²) < 4.78 is 12.5. The lowest BCUT2D eigenvalue weighted by molar-refractivity contribution is -0.385. The van der Waals surface area contributed by atoms with E-state index in [2.05, 4.69) is 58.2 Å². The summed E-state index contributed by atoms with van der Waals surface area (Å²) in [5.41, 5.74) is 1.69. The number of aliphatic hydroxyl groups is 1. The number of methoxy groups -OCH3 is 1. The number of anilines is 1. The van der Waals surface area contributed by atoms with Crippen molar-refractivity contribution in [2.24, 2.45) is 5.92 Å². The molecule has 49 heavy (non-hydrogen) atoms. The van der Waals surface area contributed by atoms with Gasteiger partial charge in [-0.25, -0.2) is 0 Å². The van der Waals surface area contributed by atoms with Crippen molar-refractivity contribution in [3.05, 3.63) is 81.4 Å². The number of nitrogens with zero attached hydrogens (tertiary/aromatic N) is 3. The molecule has 5 atom stereocenters. The lowest BCUT2D eigenvalue weighted by atomic mass is 9.82. The van der Waals surface area contributed by atoms with Gasteiger partial charge in [0.1, 0.15) is 5.75 Å².